The van der Waals surface area contributed by atoms with Crippen molar-refractivity contribution >= 4 is 0 Å². The van der Waals surface area contributed by atoms with Crippen LogP contribution < -0.4 is 5.63 Å². The maximum Gasteiger partial charge on any atom is 0.335 e. The second kappa shape index (κ2) is 9.25. The van der Waals surface area contributed by atoms with Crippen molar-refractivity contribution < 1.29 is 34.3 Å². The molecule has 38 heavy (non-hydrogen) atoms. The molecule has 1 saturated heterocycles. The summed E-state index contributed by atoms with van der Waals surface area (Å²) in [4.78, 5) is 11.5. The minimum absolute atomic E-state index is 0.0213. The number of aliphatic hydroxyl groups excluding tert-OH is 3. The van der Waals surface area contributed by atoms with Gasteiger partial charge in [-0.25, -0.2) is 4.79 Å². The smallest absolute Gasteiger partial charge is 0.335 e. The number of hydrogen-bond donors (Lipinski definition) is 4. The van der Waals surface area contributed by atoms with E-state index in [9.17, 15) is 25.2 Å². The lowest BCUT2D eigenvalue weighted by atomic mass is 9.45. The first-order chi connectivity index (χ1) is 18.0. The van der Waals surface area contributed by atoms with Gasteiger partial charge in [0.15, 0.2) is 6.29 Å². The Morgan fingerprint density at radius 1 is 0.947 bits per heavy atom. The fraction of sp³-hybridized carbons (Fsp3) is 0.767. The van der Waals surface area contributed by atoms with E-state index in [1.54, 1.807) is 13.2 Å². The number of allylic oxidation sites excluding steroid dienone is 1. The third kappa shape index (κ3) is 3.82. The van der Waals surface area contributed by atoms with Gasteiger partial charge in [0.2, 0.25) is 0 Å². The van der Waals surface area contributed by atoms with E-state index in [-0.39, 0.29) is 34.4 Å². The van der Waals surface area contributed by atoms with Crippen molar-refractivity contribution in [2.24, 2.45) is 22.7 Å². The van der Waals surface area contributed by atoms with Gasteiger partial charge in [0.1, 0.15) is 18.3 Å². The Bertz CT molecular complexity index is 1130. The average Bonchev–Trinajstić information content (AvgIpc) is 3.18. The first-order valence-electron chi connectivity index (χ1n) is 14.4. The van der Waals surface area contributed by atoms with E-state index >= 15 is 0 Å². The number of ether oxygens (including phenoxy) is 2. The van der Waals surface area contributed by atoms with Crippen LogP contribution in [-0.2, 0) is 9.47 Å². The lowest BCUT2D eigenvalue weighted by Crippen LogP contribution is -2.60. The van der Waals surface area contributed by atoms with Gasteiger partial charge in [-0.2, -0.15) is 0 Å². The van der Waals surface area contributed by atoms with E-state index in [1.165, 1.54) is 11.6 Å². The maximum atomic E-state index is 12.4. The van der Waals surface area contributed by atoms with Gasteiger partial charge in [0.25, 0.3) is 0 Å². The van der Waals surface area contributed by atoms with Crippen LogP contribution in [0.2, 0.25) is 0 Å². The lowest BCUT2D eigenvalue weighted by Gasteiger charge is -2.62. The highest BCUT2D eigenvalue weighted by molar-refractivity contribution is 5.31. The zero-order valence-corrected chi connectivity index (χ0v) is 22.6. The Morgan fingerprint density at radius 3 is 2.47 bits per heavy atom. The second-order valence-corrected chi connectivity index (χ2v) is 13.1. The average molecular weight is 531 g/mol. The molecule has 0 unspecified atom stereocenters. The molecule has 5 aliphatic rings. The molecule has 0 aromatic carbocycles. The van der Waals surface area contributed by atoms with Gasteiger partial charge < -0.3 is 34.3 Å². The largest absolute Gasteiger partial charge is 0.431 e. The summed E-state index contributed by atoms with van der Waals surface area (Å²) in [5, 5.41) is 43.0. The standard InChI is InChI=1S/C30H42O8/c1-16-24(32)25(33)26(34)27(37-16)38-19-8-11-28(2)18(14-19)5-6-22-21(28)9-12-29(3)20(10-13-30(22,29)35)17-4-7-23(31)36-15-17/h4,7,14-16,19-22,24-27,32-35H,5-6,8-13H2,1-3H3/t16-,19-,20+,21-,22-,24-,25+,26+,27-,28-,29+,30-/m0/s1. The van der Waals surface area contributed by atoms with Crippen molar-refractivity contribution in [2.75, 3.05) is 0 Å². The van der Waals surface area contributed by atoms with Crippen LogP contribution in [0, 0.1) is 22.7 Å². The van der Waals surface area contributed by atoms with E-state index in [2.05, 4.69) is 19.9 Å². The van der Waals surface area contributed by atoms with Gasteiger partial charge in [0.05, 0.1) is 24.1 Å². The molecule has 1 aromatic heterocycles. The second-order valence-electron chi connectivity index (χ2n) is 13.1. The minimum atomic E-state index is -1.31. The van der Waals surface area contributed by atoms with Gasteiger partial charge in [-0.1, -0.05) is 25.5 Å². The van der Waals surface area contributed by atoms with Crippen LogP contribution in [0.1, 0.15) is 83.6 Å². The molecular weight excluding hydrogens is 488 g/mol. The van der Waals surface area contributed by atoms with Gasteiger partial charge >= 0.3 is 5.63 Å². The molecule has 12 atom stereocenters. The fourth-order valence-electron chi connectivity index (χ4n) is 9.17. The molecule has 210 valence electrons. The van der Waals surface area contributed by atoms with Gasteiger partial charge in [-0.15, -0.1) is 0 Å². The van der Waals surface area contributed by atoms with Crippen LogP contribution >= 0.6 is 0 Å². The predicted octanol–water partition coefficient (Wildman–Crippen LogP) is 3.01. The molecule has 2 heterocycles. The molecule has 8 nitrogen and oxygen atoms in total. The first kappa shape index (κ1) is 26.7. The number of fused-ring (bicyclic) bond motifs is 5. The van der Waals surface area contributed by atoms with E-state index in [1.807, 2.05) is 6.07 Å². The molecule has 0 spiro atoms. The molecule has 8 heteroatoms. The third-order valence-corrected chi connectivity index (χ3v) is 11.5. The molecule has 0 bridgehead atoms. The molecule has 1 aliphatic heterocycles. The fourth-order valence-corrected chi connectivity index (χ4v) is 9.17. The zero-order chi connectivity index (χ0) is 27.0. The van der Waals surface area contributed by atoms with Crippen molar-refractivity contribution in [1.29, 1.82) is 0 Å². The summed E-state index contributed by atoms with van der Waals surface area (Å²) in [5.41, 5.74) is 0.991. The van der Waals surface area contributed by atoms with Crippen LogP contribution in [0.4, 0.5) is 0 Å². The summed E-state index contributed by atoms with van der Waals surface area (Å²) in [6.07, 6.45) is 5.32. The third-order valence-electron chi connectivity index (χ3n) is 11.5. The van der Waals surface area contributed by atoms with Crippen molar-refractivity contribution in [1.82, 2.24) is 0 Å². The molecule has 4 N–H and O–H groups in total. The SMILES string of the molecule is C[C@@H]1O[C@@H](O[C@@H]2C=C3CC[C@H]4[C@H](CC[C@]5(C)[C@@H](c6ccc(=O)oc6)CC[C@]45O)[C@@]3(C)CC2)[C@H](O)[C@H](O)[C@H]1O. The minimum Gasteiger partial charge on any atom is -0.431 e. The van der Waals surface area contributed by atoms with Crippen LogP contribution in [0.5, 0.6) is 0 Å². The molecule has 0 amide bonds. The van der Waals surface area contributed by atoms with Crippen molar-refractivity contribution in [3.8, 4) is 0 Å². The Morgan fingerprint density at radius 2 is 1.74 bits per heavy atom. The highest BCUT2D eigenvalue weighted by Gasteiger charge is 2.66. The summed E-state index contributed by atoms with van der Waals surface area (Å²) in [6, 6.07) is 3.36. The van der Waals surface area contributed by atoms with Gasteiger partial charge in [-0.3, -0.25) is 0 Å². The van der Waals surface area contributed by atoms with Crippen LogP contribution in [0.25, 0.3) is 0 Å². The molecule has 4 fully saturated rings. The quantitative estimate of drug-likeness (QED) is 0.439. The van der Waals surface area contributed by atoms with Crippen LogP contribution in [-0.4, -0.2) is 62.8 Å². The van der Waals surface area contributed by atoms with E-state index in [0.29, 0.717) is 5.92 Å². The van der Waals surface area contributed by atoms with Crippen LogP contribution in [0.3, 0.4) is 0 Å². The van der Waals surface area contributed by atoms with Gasteiger partial charge in [-0.05, 0) is 93.1 Å². The van der Waals surface area contributed by atoms with Crippen molar-refractivity contribution in [3.63, 3.8) is 0 Å². The number of rotatable bonds is 3. The van der Waals surface area contributed by atoms with Crippen molar-refractivity contribution in [2.45, 2.75) is 120 Å². The summed E-state index contributed by atoms with van der Waals surface area (Å²) in [7, 11) is 0. The molecule has 1 aromatic rings. The molecular formula is C30H42O8. The van der Waals surface area contributed by atoms with E-state index < -0.39 is 36.3 Å². The normalized spacial score (nSPS) is 50.5. The first-order valence-corrected chi connectivity index (χ1v) is 14.4. The Balaban J connectivity index is 1.21. The Hall–Kier alpha value is -1.55. The highest BCUT2D eigenvalue weighted by atomic mass is 16.7. The number of hydrogen-bond acceptors (Lipinski definition) is 8. The summed E-state index contributed by atoms with van der Waals surface area (Å²) in [6.45, 7) is 6.26. The van der Waals surface area contributed by atoms with E-state index in [4.69, 9.17) is 13.9 Å². The number of aliphatic hydroxyl groups is 4. The van der Waals surface area contributed by atoms with Crippen molar-refractivity contribution in [3.05, 3.63) is 46.0 Å². The summed E-state index contributed by atoms with van der Waals surface area (Å²) >= 11 is 0. The molecule has 4 aliphatic carbocycles. The maximum absolute atomic E-state index is 12.4. The predicted molar refractivity (Wildman–Crippen MR) is 138 cm³/mol. The zero-order valence-electron chi connectivity index (χ0n) is 22.6. The Kier molecular flexibility index (Phi) is 6.49. The molecule has 3 saturated carbocycles. The molecule has 0 radical (unpaired) electrons. The van der Waals surface area contributed by atoms with Gasteiger partial charge in [0, 0.05) is 11.5 Å². The topological polar surface area (TPSA) is 130 Å². The van der Waals surface area contributed by atoms with Crippen LogP contribution in [0.15, 0.2) is 39.3 Å². The van der Waals surface area contributed by atoms with E-state index in [0.717, 1.165) is 56.9 Å². The summed E-state index contributed by atoms with van der Waals surface area (Å²) < 4.78 is 17.0. The summed E-state index contributed by atoms with van der Waals surface area (Å²) in [5.74, 6) is 0.759. The highest BCUT2D eigenvalue weighted by Crippen LogP contribution is 2.70. The monoisotopic (exact) mass is 530 g/mol. The Labute approximate surface area is 223 Å². The lowest BCUT2D eigenvalue weighted by molar-refractivity contribution is -0.301. The molecule has 6 rings (SSSR count).